The minimum Gasteiger partial charge on any atom is -0.330 e. The summed E-state index contributed by atoms with van der Waals surface area (Å²) in [6, 6.07) is 7.61. The van der Waals surface area contributed by atoms with E-state index in [4.69, 9.17) is 17.3 Å². The molecule has 1 aromatic heterocycles. The third-order valence-electron chi connectivity index (χ3n) is 2.59. The second-order valence-electron chi connectivity index (χ2n) is 3.86. The van der Waals surface area contributed by atoms with Crippen LogP contribution in [0.3, 0.4) is 0 Å². The van der Waals surface area contributed by atoms with Crippen LogP contribution >= 0.6 is 11.6 Å². The normalized spacial score (nSPS) is 12.8. The van der Waals surface area contributed by atoms with Gasteiger partial charge in [0.05, 0.1) is 11.9 Å². The molecule has 0 aliphatic carbocycles. The van der Waals surface area contributed by atoms with Gasteiger partial charge in [-0.15, -0.1) is 0 Å². The van der Waals surface area contributed by atoms with Gasteiger partial charge >= 0.3 is 0 Å². The molecular formula is C12H14ClN3. The summed E-state index contributed by atoms with van der Waals surface area (Å²) in [6.07, 6.45) is 1.81. The van der Waals surface area contributed by atoms with Crippen molar-refractivity contribution in [2.75, 3.05) is 0 Å². The number of hydrogen-bond acceptors (Lipinski definition) is 2. The van der Waals surface area contributed by atoms with Crippen LogP contribution in [0.25, 0.3) is 11.4 Å². The van der Waals surface area contributed by atoms with Crippen molar-refractivity contribution in [3.8, 4) is 11.4 Å². The van der Waals surface area contributed by atoms with E-state index in [1.807, 2.05) is 49.0 Å². The molecule has 1 unspecified atom stereocenters. The van der Waals surface area contributed by atoms with E-state index >= 15 is 0 Å². The zero-order valence-corrected chi connectivity index (χ0v) is 10.1. The van der Waals surface area contributed by atoms with Gasteiger partial charge in [0.15, 0.2) is 0 Å². The highest BCUT2D eigenvalue weighted by Crippen LogP contribution is 2.22. The molecule has 1 heterocycles. The third-order valence-corrected chi connectivity index (χ3v) is 2.85. The van der Waals surface area contributed by atoms with Gasteiger partial charge in [-0.25, -0.2) is 4.98 Å². The highest BCUT2D eigenvalue weighted by Gasteiger charge is 2.10. The van der Waals surface area contributed by atoms with Gasteiger partial charge in [-0.2, -0.15) is 0 Å². The van der Waals surface area contributed by atoms with Gasteiger partial charge in [0, 0.05) is 23.7 Å². The molecule has 0 amide bonds. The molecule has 1 aromatic carbocycles. The van der Waals surface area contributed by atoms with E-state index in [0.717, 1.165) is 22.1 Å². The summed E-state index contributed by atoms with van der Waals surface area (Å²) in [5.74, 6) is 0.906. The predicted molar refractivity (Wildman–Crippen MR) is 66.3 cm³/mol. The van der Waals surface area contributed by atoms with E-state index in [-0.39, 0.29) is 6.04 Å². The van der Waals surface area contributed by atoms with Crippen molar-refractivity contribution in [2.45, 2.75) is 13.0 Å². The van der Waals surface area contributed by atoms with Crippen molar-refractivity contribution >= 4 is 11.6 Å². The van der Waals surface area contributed by atoms with Crippen molar-refractivity contribution in [2.24, 2.45) is 12.8 Å². The molecule has 0 aliphatic rings. The largest absolute Gasteiger partial charge is 0.330 e. The van der Waals surface area contributed by atoms with E-state index in [2.05, 4.69) is 4.98 Å². The van der Waals surface area contributed by atoms with Crippen LogP contribution in [0.1, 0.15) is 18.7 Å². The number of rotatable bonds is 2. The molecule has 2 rings (SSSR count). The molecule has 4 heteroatoms. The van der Waals surface area contributed by atoms with Crippen LogP contribution in [-0.4, -0.2) is 9.55 Å². The van der Waals surface area contributed by atoms with Crippen LogP contribution < -0.4 is 5.73 Å². The summed E-state index contributed by atoms with van der Waals surface area (Å²) in [5, 5.41) is 0.727. The van der Waals surface area contributed by atoms with Gasteiger partial charge in [0.2, 0.25) is 0 Å². The smallest absolute Gasteiger partial charge is 0.139 e. The van der Waals surface area contributed by atoms with E-state index < -0.39 is 0 Å². The quantitative estimate of drug-likeness (QED) is 0.870. The fourth-order valence-electron chi connectivity index (χ4n) is 1.71. The van der Waals surface area contributed by atoms with Crippen LogP contribution in [0.5, 0.6) is 0 Å². The Hall–Kier alpha value is -1.32. The molecule has 3 nitrogen and oxygen atoms in total. The minimum absolute atomic E-state index is 0.0152. The second kappa shape index (κ2) is 4.28. The first kappa shape index (κ1) is 11.2. The maximum absolute atomic E-state index is 5.85. The number of nitrogens with zero attached hydrogens (tertiary/aromatic N) is 2. The molecule has 84 valence electrons. The Kier molecular flexibility index (Phi) is 2.99. The Bertz CT molecular complexity index is 485. The number of benzene rings is 1. The summed E-state index contributed by atoms with van der Waals surface area (Å²) in [7, 11) is 1.97. The monoisotopic (exact) mass is 235 g/mol. The molecule has 1 atom stereocenters. The number of aromatic nitrogens is 2. The molecule has 2 aromatic rings. The van der Waals surface area contributed by atoms with Gasteiger partial charge in [0.1, 0.15) is 5.82 Å². The average Bonchev–Trinajstić information content (AvgIpc) is 2.61. The second-order valence-corrected chi connectivity index (χ2v) is 4.30. The van der Waals surface area contributed by atoms with Gasteiger partial charge in [-0.05, 0) is 31.2 Å². The molecule has 0 radical (unpaired) electrons. The number of halogens is 1. The maximum Gasteiger partial charge on any atom is 0.139 e. The Morgan fingerprint density at radius 3 is 2.44 bits per heavy atom. The molecule has 0 saturated carbocycles. The molecule has 16 heavy (non-hydrogen) atoms. The van der Waals surface area contributed by atoms with Gasteiger partial charge < -0.3 is 10.3 Å². The van der Waals surface area contributed by atoms with Crippen LogP contribution in [0.15, 0.2) is 30.5 Å². The number of hydrogen-bond donors (Lipinski definition) is 1. The first-order valence-electron chi connectivity index (χ1n) is 5.12. The summed E-state index contributed by atoms with van der Waals surface area (Å²) < 4.78 is 2.01. The molecule has 0 bridgehead atoms. The lowest BCUT2D eigenvalue weighted by Gasteiger charge is -2.08. The SMILES string of the molecule is CC(N)c1cnc(-c2ccc(Cl)cc2)n1C. The molecule has 0 spiro atoms. The zero-order valence-electron chi connectivity index (χ0n) is 9.31. The topological polar surface area (TPSA) is 43.8 Å². The van der Waals surface area contributed by atoms with Gasteiger partial charge in [0.25, 0.3) is 0 Å². The molecular weight excluding hydrogens is 222 g/mol. The van der Waals surface area contributed by atoms with Crippen LogP contribution in [0.4, 0.5) is 0 Å². The highest BCUT2D eigenvalue weighted by molar-refractivity contribution is 6.30. The summed E-state index contributed by atoms with van der Waals surface area (Å²) >= 11 is 5.85. The van der Waals surface area contributed by atoms with Crippen molar-refractivity contribution < 1.29 is 0 Å². The lowest BCUT2D eigenvalue weighted by molar-refractivity contribution is 0.718. The first-order valence-corrected chi connectivity index (χ1v) is 5.50. The summed E-state index contributed by atoms with van der Waals surface area (Å²) in [4.78, 5) is 4.38. The Morgan fingerprint density at radius 2 is 1.94 bits per heavy atom. The van der Waals surface area contributed by atoms with Crippen molar-refractivity contribution in [1.82, 2.24) is 9.55 Å². The van der Waals surface area contributed by atoms with Crippen molar-refractivity contribution in [3.63, 3.8) is 0 Å². The Balaban J connectivity index is 2.45. The Labute approximate surface area is 99.9 Å². The van der Waals surface area contributed by atoms with Gasteiger partial charge in [-0.1, -0.05) is 11.6 Å². The molecule has 0 saturated heterocycles. The third kappa shape index (κ3) is 1.96. The minimum atomic E-state index is -0.0152. The summed E-state index contributed by atoms with van der Waals surface area (Å²) in [6.45, 7) is 1.95. The number of imidazole rings is 1. The fraction of sp³-hybridized carbons (Fsp3) is 0.250. The number of nitrogens with two attached hydrogens (primary N) is 1. The molecule has 0 aliphatic heterocycles. The van der Waals surface area contributed by atoms with E-state index in [1.54, 1.807) is 0 Å². The zero-order chi connectivity index (χ0) is 11.7. The average molecular weight is 236 g/mol. The predicted octanol–water partition coefficient (Wildman–Crippen LogP) is 2.76. The van der Waals surface area contributed by atoms with Gasteiger partial charge in [-0.3, -0.25) is 0 Å². The van der Waals surface area contributed by atoms with Crippen LogP contribution in [0.2, 0.25) is 5.02 Å². The summed E-state index contributed by atoms with van der Waals surface area (Å²) in [5.41, 5.74) is 7.91. The lowest BCUT2D eigenvalue weighted by Crippen LogP contribution is -2.10. The van der Waals surface area contributed by atoms with Crippen LogP contribution in [0, 0.1) is 0 Å². The lowest BCUT2D eigenvalue weighted by atomic mass is 10.2. The molecule has 2 N–H and O–H groups in total. The highest BCUT2D eigenvalue weighted by atomic mass is 35.5. The fourth-order valence-corrected chi connectivity index (χ4v) is 1.84. The van der Waals surface area contributed by atoms with E-state index in [9.17, 15) is 0 Å². The van der Waals surface area contributed by atoms with Crippen LogP contribution in [-0.2, 0) is 7.05 Å². The molecule has 0 fully saturated rings. The Morgan fingerprint density at radius 1 is 1.31 bits per heavy atom. The van der Waals surface area contributed by atoms with E-state index in [1.165, 1.54) is 0 Å². The van der Waals surface area contributed by atoms with Crippen molar-refractivity contribution in [3.05, 3.63) is 41.2 Å². The maximum atomic E-state index is 5.85. The standard InChI is InChI=1S/C12H14ClN3/c1-8(14)11-7-15-12(16(11)2)9-3-5-10(13)6-4-9/h3-8H,14H2,1-2H3. The van der Waals surface area contributed by atoms with Crippen molar-refractivity contribution in [1.29, 1.82) is 0 Å². The first-order chi connectivity index (χ1) is 7.59. The van der Waals surface area contributed by atoms with E-state index in [0.29, 0.717) is 0 Å².